The molecule has 8 heteroatoms. The van der Waals surface area contributed by atoms with Gasteiger partial charge in [-0.2, -0.15) is 0 Å². The van der Waals surface area contributed by atoms with Crippen LogP contribution in [0, 0.1) is 5.92 Å². The number of piperidine rings is 1. The zero-order valence-corrected chi connectivity index (χ0v) is 15.7. The second-order valence-electron chi connectivity index (χ2n) is 5.78. The highest BCUT2D eigenvalue weighted by atomic mass is 32.2. The van der Waals surface area contributed by atoms with Gasteiger partial charge in [0.2, 0.25) is 15.9 Å². The number of thioether (sulfide) groups is 1. The molecule has 2 rings (SSSR count). The van der Waals surface area contributed by atoms with Crippen LogP contribution in [0.2, 0.25) is 0 Å². The number of amides is 1. The van der Waals surface area contributed by atoms with E-state index in [1.165, 1.54) is 10.6 Å². The lowest BCUT2D eigenvalue weighted by Crippen LogP contribution is -2.45. The number of carbonyl (C=O) groups excluding carboxylic acids is 1. The third-order valence-corrected chi connectivity index (χ3v) is 6.24. The van der Waals surface area contributed by atoms with Crippen molar-refractivity contribution in [1.29, 1.82) is 0 Å². The zero-order valence-electron chi connectivity index (χ0n) is 14.0. The molecule has 0 aliphatic carbocycles. The van der Waals surface area contributed by atoms with Gasteiger partial charge in [-0.15, -0.1) is 11.8 Å². The molecule has 0 aromatic heterocycles. The molecule has 1 saturated heterocycles. The molecule has 1 fully saturated rings. The molecule has 0 unspecified atom stereocenters. The van der Waals surface area contributed by atoms with Gasteiger partial charge < -0.3 is 10.1 Å². The SMILES string of the molecule is COc1ccc(SCCNC(=O)[C@@H]2CCCN(S(C)(=O)=O)C2)cc1. The number of sulfonamides is 1. The number of rotatable bonds is 7. The molecule has 0 saturated carbocycles. The highest BCUT2D eigenvalue weighted by Crippen LogP contribution is 2.21. The van der Waals surface area contributed by atoms with Gasteiger partial charge >= 0.3 is 0 Å². The van der Waals surface area contributed by atoms with Crippen LogP contribution in [0.25, 0.3) is 0 Å². The number of hydrogen-bond donors (Lipinski definition) is 1. The van der Waals surface area contributed by atoms with Crippen molar-refractivity contribution in [3.05, 3.63) is 24.3 Å². The molecule has 1 atom stereocenters. The second kappa shape index (κ2) is 8.73. The van der Waals surface area contributed by atoms with Gasteiger partial charge in [0.25, 0.3) is 0 Å². The first-order valence-electron chi connectivity index (χ1n) is 7.90. The van der Waals surface area contributed by atoms with E-state index in [2.05, 4.69) is 5.32 Å². The van der Waals surface area contributed by atoms with Crippen molar-refractivity contribution >= 4 is 27.7 Å². The summed E-state index contributed by atoms with van der Waals surface area (Å²) in [6, 6.07) is 7.78. The molecule has 1 N–H and O–H groups in total. The predicted octanol–water partition coefficient (Wildman–Crippen LogP) is 1.58. The van der Waals surface area contributed by atoms with Crippen LogP contribution in [0.3, 0.4) is 0 Å². The third-order valence-electron chi connectivity index (χ3n) is 3.95. The first-order valence-corrected chi connectivity index (χ1v) is 10.7. The van der Waals surface area contributed by atoms with Crippen LogP contribution in [0.15, 0.2) is 29.2 Å². The van der Waals surface area contributed by atoms with E-state index in [4.69, 9.17) is 4.74 Å². The summed E-state index contributed by atoms with van der Waals surface area (Å²) in [5, 5.41) is 2.91. The summed E-state index contributed by atoms with van der Waals surface area (Å²) in [7, 11) is -1.59. The maximum atomic E-state index is 12.2. The molecule has 1 aromatic rings. The van der Waals surface area contributed by atoms with E-state index in [1.54, 1.807) is 18.9 Å². The van der Waals surface area contributed by atoms with Gasteiger partial charge in [-0.3, -0.25) is 4.79 Å². The van der Waals surface area contributed by atoms with Crippen molar-refractivity contribution in [2.75, 3.05) is 38.8 Å². The van der Waals surface area contributed by atoms with Crippen molar-refractivity contribution in [3.8, 4) is 5.75 Å². The average molecular weight is 373 g/mol. The maximum Gasteiger partial charge on any atom is 0.224 e. The minimum absolute atomic E-state index is 0.0568. The number of hydrogen-bond acceptors (Lipinski definition) is 5. The fourth-order valence-electron chi connectivity index (χ4n) is 2.62. The fourth-order valence-corrected chi connectivity index (χ4v) is 4.30. The van der Waals surface area contributed by atoms with E-state index in [-0.39, 0.29) is 18.4 Å². The number of nitrogens with zero attached hydrogens (tertiary/aromatic N) is 1. The largest absolute Gasteiger partial charge is 0.497 e. The molecule has 24 heavy (non-hydrogen) atoms. The van der Waals surface area contributed by atoms with E-state index in [0.717, 1.165) is 29.2 Å². The summed E-state index contributed by atoms with van der Waals surface area (Å²) in [6.07, 6.45) is 2.66. The highest BCUT2D eigenvalue weighted by Gasteiger charge is 2.29. The van der Waals surface area contributed by atoms with E-state index < -0.39 is 10.0 Å². The lowest BCUT2D eigenvalue weighted by molar-refractivity contribution is -0.125. The molecule has 1 heterocycles. The molecule has 134 valence electrons. The van der Waals surface area contributed by atoms with Gasteiger partial charge in [0, 0.05) is 30.3 Å². The van der Waals surface area contributed by atoms with Gasteiger partial charge in [-0.05, 0) is 37.1 Å². The first kappa shape index (κ1) is 19.1. The summed E-state index contributed by atoms with van der Waals surface area (Å²) in [5.41, 5.74) is 0. The quantitative estimate of drug-likeness (QED) is 0.581. The van der Waals surface area contributed by atoms with Crippen molar-refractivity contribution in [2.45, 2.75) is 17.7 Å². The van der Waals surface area contributed by atoms with E-state index >= 15 is 0 Å². The molecular formula is C16H24N2O4S2. The van der Waals surface area contributed by atoms with Crippen LogP contribution in [0.1, 0.15) is 12.8 Å². The van der Waals surface area contributed by atoms with Crippen molar-refractivity contribution in [2.24, 2.45) is 5.92 Å². The van der Waals surface area contributed by atoms with Crippen molar-refractivity contribution in [1.82, 2.24) is 9.62 Å². The Morgan fingerprint density at radius 1 is 1.38 bits per heavy atom. The van der Waals surface area contributed by atoms with Gasteiger partial charge in [0.15, 0.2) is 0 Å². The lowest BCUT2D eigenvalue weighted by atomic mass is 9.99. The standard InChI is InChI=1S/C16H24N2O4S2/c1-22-14-5-7-15(8-6-14)23-11-9-17-16(19)13-4-3-10-18(12-13)24(2,20)21/h5-8,13H,3-4,9-12H2,1-2H3,(H,17,19)/t13-/m1/s1. The van der Waals surface area contributed by atoms with Crippen LogP contribution >= 0.6 is 11.8 Å². The van der Waals surface area contributed by atoms with Gasteiger partial charge in [0.05, 0.1) is 19.3 Å². The normalized spacial score (nSPS) is 19.0. The Morgan fingerprint density at radius 3 is 2.71 bits per heavy atom. The van der Waals surface area contributed by atoms with E-state index in [9.17, 15) is 13.2 Å². The third kappa shape index (κ3) is 5.68. The van der Waals surface area contributed by atoms with Gasteiger partial charge in [-0.25, -0.2) is 12.7 Å². The minimum atomic E-state index is -3.22. The summed E-state index contributed by atoms with van der Waals surface area (Å²) in [6.45, 7) is 1.36. The molecule has 0 bridgehead atoms. The van der Waals surface area contributed by atoms with Crippen LogP contribution in [0.4, 0.5) is 0 Å². The summed E-state index contributed by atoms with van der Waals surface area (Å²) < 4.78 is 29.7. The average Bonchev–Trinajstić information content (AvgIpc) is 2.58. The monoisotopic (exact) mass is 372 g/mol. The second-order valence-corrected chi connectivity index (χ2v) is 8.93. The van der Waals surface area contributed by atoms with Crippen molar-refractivity contribution < 1.29 is 17.9 Å². The minimum Gasteiger partial charge on any atom is -0.497 e. The molecule has 1 amide bonds. The topological polar surface area (TPSA) is 75.7 Å². The Balaban J connectivity index is 1.72. The van der Waals surface area contributed by atoms with Gasteiger partial charge in [0.1, 0.15) is 5.75 Å². The maximum absolute atomic E-state index is 12.2. The number of nitrogens with one attached hydrogen (secondary N) is 1. The Labute approximate surface area is 148 Å². The van der Waals surface area contributed by atoms with E-state index in [0.29, 0.717) is 13.1 Å². The van der Waals surface area contributed by atoms with Crippen molar-refractivity contribution in [3.63, 3.8) is 0 Å². The summed E-state index contributed by atoms with van der Waals surface area (Å²) >= 11 is 1.66. The Kier molecular flexibility index (Phi) is 6.94. The molecule has 0 spiro atoms. The van der Waals surface area contributed by atoms with Crippen LogP contribution in [-0.2, 0) is 14.8 Å². The molecule has 1 aromatic carbocycles. The molecule has 6 nitrogen and oxygen atoms in total. The number of benzene rings is 1. The number of carbonyl (C=O) groups is 1. The number of ether oxygens (including phenoxy) is 1. The van der Waals surface area contributed by atoms with Crippen LogP contribution in [-0.4, -0.2) is 57.4 Å². The van der Waals surface area contributed by atoms with Gasteiger partial charge in [-0.1, -0.05) is 0 Å². The van der Waals surface area contributed by atoms with Crippen LogP contribution < -0.4 is 10.1 Å². The summed E-state index contributed by atoms with van der Waals surface area (Å²) in [4.78, 5) is 13.3. The Hall–Kier alpha value is -1.25. The highest BCUT2D eigenvalue weighted by molar-refractivity contribution is 7.99. The predicted molar refractivity (Wildman–Crippen MR) is 95.9 cm³/mol. The Morgan fingerprint density at radius 2 is 2.08 bits per heavy atom. The molecular weight excluding hydrogens is 348 g/mol. The van der Waals surface area contributed by atoms with Crippen LogP contribution in [0.5, 0.6) is 5.75 Å². The molecule has 0 radical (unpaired) electrons. The zero-order chi connectivity index (χ0) is 17.6. The fraction of sp³-hybridized carbons (Fsp3) is 0.562. The molecule has 1 aliphatic rings. The van der Waals surface area contributed by atoms with E-state index in [1.807, 2.05) is 24.3 Å². The summed E-state index contributed by atoms with van der Waals surface area (Å²) in [5.74, 6) is 1.28. The lowest BCUT2D eigenvalue weighted by Gasteiger charge is -2.30. The Bertz CT molecular complexity index is 647. The first-order chi connectivity index (χ1) is 11.4. The molecule has 1 aliphatic heterocycles. The smallest absolute Gasteiger partial charge is 0.224 e. The number of methoxy groups -OCH3 is 1.